The number of rotatable bonds is 9. The van der Waals surface area contributed by atoms with E-state index in [1.165, 1.54) is 22.3 Å². The van der Waals surface area contributed by atoms with Crippen molar-refractivity contribution in [1.82, 2.24) is 0 Å². The van der Waals surface area contributed by atoms with Crippen LogP contribution in [0.2, 0.25) is 0 Å². The van der Waals surface area contributed by atoms with Crippen molar-refractivity contribution in [2.45, 2.75) is 25.7 Å². The number of hydrogen-bond acceptors (Lipinski definition) is 4. The van der Waals surface area contributed by atoms with Gasteiger partial charge in [-0.15, -0.1) is 0 Å². The van der Waals surface area contributed by atoms with Crippen LogP contribution in [0.1, 0.15) is 24.0 Å². The molecule has 0 amide bonds. The molecule has 4 nitrogen and oxygen atoms in total. The van der Waals surface area contributed by atoms with Crippen LogP contribution in [0, 0.1) is 0 Å². The van der Waals surface area contributed by atoms with Crippen LogP contribution in [0.15, 0.2) is 59.7 Å². The number of fused-ring (bicyclic) bond motifs is 2. The maximum Gasteiger partial charge on any atom is 0.231 e. The fourth-order valence-corrected chi connectivity index (χ4v) is 4.38. The maximum absolute atomic E-state index is 5.57. The molecular formula is C24H24Br2O4. The third-order valence-electron chi connectivity index (χ3n) is 5.13. The SMILES string of the molecule is BrCC/C=C/C(Cc1ccc2c(c1)OCO2)=C(/CCBr)Cc1ccc2c(c1)OCO2. The third kappa shape index (κ3) is 5.22. The minimum atomic E-state index is 0.297. The molecule has 0 saturated carbocycles. The molecule has 0 aromatic heterocycles. The highest BCUT2D eigenvalue weighted by atomic mass is 79.9. The van der Waals surface area contributed by atoms with Gasteiger partial charge >= 0.3 is 0 Å². The number of allylic oxidation sites excluding steroid dienone is 4. The molecule has 0 atom stereocenters. The standard InChI is InChI=1S/C24H24Br2O4/c25-9-2-1-3-19(11-17-4-6-21-23(13-17)29-15-27-21)20(8-10-26)12-18-5-7-22-24(14-18)30-16-28-22/h1,3-7,13-14H,2,8-12,15-16H2/b3-1+,20-19+. The summed E-state index contributed by atoms with van der Waals surface area (Å²) in [6, 6.07) is 12.4. The Balaban J connectivity index is 1.63. The second kappa shape index (κ2) is 10.4. The van der Waals surface area contributed by atoms with Gasteiger partial charge in [0, 0.05) is 10.7 Å². The first-order chi connectivity index (χ1) is 14.8. The quantitative estimate of drug-likeness (QED) is 0.277. The van der Waals surface area contributed by atoms with Crippen molar-refractivity contribution in [1.29, 1.82) is 0 Å². The first-order valence-electron chi connectivity index (χ1n) is 10.0. The van der Waals surface area contributed by atoms with E-state index >= 15 is 0 Å². The van der Waals surface area contributed by atoms with Gasteiger partial charge in [0.15, 0.2) is 23.0 Å². The zero-order valence-corrected chi connectivity index (χ0v) is 19.8. The van der Waals surface area contributed by atoms with Gasteiger partial charge in [-0.05, 0) is 66.6 Å². The van der Waals surface area contributed by atoms with Crippen LogP contribution in [0.25, 0.3) is 0 Å². The lowest BCUT2D eigenvalue weighted by atomic mass is 9.93. The zero-order valence-electron chi connectivity index (χ0n) is 16.7. The van der Waals surface area contributed by atoms with Crippen molar-refractivity contribution in [2.75, 3.05) is 24.2 Å². The van der Waals surface area contributed by atoms with E-state index in [2.05, 4.69) is 68.3 Å². The number of benzene rings is 2. The molecule has 0 spiro atoms. The molecule has 0 aliphatic carbocycles. The molecular weight excluding hydrogens is 512 g/mol. The van der Waals surface area contributed by atoms with E-state index in [0.29, 0.717) is 13.6 Å². The van der Waals surface area contributed by atoms with Crippen LogP contribution in [0.5, 0.6) is 23.0 Å². The summed E-state index contributed by atoms with van der Waals surface area (Å²) in [5.41, 5.74) is 5.20. The highest BCUT2D eigenvalue weighted by molar-refractivity contribution is 9.09. The molecule has 2 aliphatic rings. The Kier molecular flexibility index (Phi) is 7.39. The predicted octanol–water partition coefficient (Wildman–Crippen LogP) is 6.35. The summed E-state index contributed by atoms with van der Waals surface area (Å²) >= 11 is 7.16. The minimum Gasteiger partial charge on any atom is -0.454 e. The summed E-state index contributed by atoms with van der Waals surface area (Å²) in [6.45, 7) is 0.596. The molecule has 0 radical (unpaired) electrons. The van der Waals surface area contributed by atoms with E-state index in [4.69, 9.17) is 18.9 Å². The van der Waals surface area contributed by atoms with Gasteiger partial charge in [-0.2, -0.15) is 0 Å². The van der Waals surface area contributed by atoms with Gasteiger partial charge in [0.1, 0.15) is 0 Å². The topological polar surface area (TPSA) is 36.9 Å². The molecule has 30 heavy (non-hydrogen) atoms. The molecule has 4 rings (SSSR count). The average molecular weight is 536 g/mol. The second-order valence-electron chi connectivity index (χ2n) is 7.18. The zero-order chi connectivity index (χ0) is 20.8. The van der Waals surface area contributed by atoms with Crippen LogP contribution in [0.3, 0.4) is 0 Å². The summed E-state index contributed by atoms with van der Waals surface area (Å²) in [6.07, 6.45) is 8.22. The lowest BCUT2D eigenvalue weighted by Gasteiger charge is -2.14. The molecule has 6 heteroatoms. The Hall–Kier alpha value is -1.92. The summed E-state index contributed by atoms with van der Waals surface area (Å²) in [5, 5.41) is 1.88. The molecule has 2 aromatic carbocycles. The van der Waals surface area contributed by atoms with E-state index in [-0.39, 0.29) is 0 Å². The summed E-state index contributed by atoms with van der Waals surface area (Å²) in [7, 11) is 0. The second-order valence-corrected chi connectivity index (χ2v) is 8.76. The monoisotopic (exact) mass is 534 g/mol. The highest BCUT2D eigenvalue weighted by Crippen LogP contribution is 2.35. The van der Waals surface area contributed by atoms with E-state index in [0.717, 1.165) is 59.3 Å². The van der Waals surface area contributed by atoms with E-state index in [1.807, 2.05) is 12.1 Å². The van der Waals surface area contributed by atoms with Gasteiger partial charge in [-0.1, -0.05) is 61.7 Å². The van der Waals surface area contributed by atoms with Crippen LogP contribution < -0.4 is 18.9 Å². The highest BCUT2D eigenvalue weighted by Gasteiger charge is 2.16. The first kappa shape index (κ1) is 21.3. The molecule has 2 aliphatic heterocycles. The van der Waals surface area contributed by atoms with E-state index in [1.54, 1.807) is 0 Å². The number of ether oxygens (including phenoxy) is 4. The normalized spacial score (nSPS) is 15.0. The van der Waals surface area contributed by atoms with Gasteiger partial charge in [0.05, 0.1) is 0 Å². The van der Waals surface area contributed by atoms with Crippen molar-refractivity contribution >= 4 is 31.9 Å². The lowest BCUT2D eigenvalue weighted by Crippen LogP contribution is -2.00. The fraction of sp³-hybridized carbons (Fsp3) is 0.333. The molecule has 0 fully saturated rings. The van der Waals surface area contributed by atoms with Crippen molar-refractivity contribution in [3.63, 3.8) is 0 Å². The molecule has 158 valence electrons. The average Bonchev–Trinajstić information content (AvgIpc) is 3.41. The molecule has 0 N–H and O–H groups in total. The Bertz CT molecular complexity index is 952. The molecule has 2 heterocycles. The summed E-state index contributed by atoms with van der Waals surface area (Å²) in [4.78, 5) is 0. The van der Waals surface area contributed by atoms with E-state index < -0.39 is 0 Å². The number of halogens is 2. The maximum atomic E-state index is 5.57. The van der Waals surface area contributed by atoms with Crippen molar-refractivity contribution in [3.8, 4) is 23.0 Å². The summed E-state index contributed by atoms with van der Waals surface area (Å²) < 4.78 is 22.0. The lowest BCUT2D eigenvalue weighted by molar-refractivity contribution is 0.173. The van der Waals surface area contributed by atoms with Gasteiger partial charge in [0.2, 0.25) is 13.6 Å². The van der Waals surface area contributed by atoms with Crippen molar-refractivity contribution in [2.24, 2.45) is 0 Å². The Morgan fingerprint density at radius 2 is 1.37 bits per heavy atom. The Morgan fingerprint density at radius 3 is 1.97 bits per heavy atom. The van der Waals surface area contributed by atoms with Crippen molar-refractivity contribution < 1.29 is 18.9 Å². The smallest absolute Gasteiger partial charge is 0.231 e. The van der Waals surface area contributed by atoms with Crippen LogP contribution >= 0.6 is 31.9 Å². The van der Waals surface area contributed by atoms with E-state index in [9.17, 15) is 0 Å². The van der Waals surface area contributed by atoms with Gasteiger partial charge in [-0.25, -0.2) is 0 Å². The molecule has 0 saturated heterocycles. The summed E-state index contributed by atoms with van der Waals surface area (Å²) in [5.74, 6) is 3.30. The molecule has 2 aromatic rings. The number of hydrogen-bond donors (Lipinski definition) is 0. The first-order valence-corrected chi connectivity index (χ1v) is 12.3. The largest absolute Gasteiger partial charge is 0.454 e. The third-order valence-corrected chi connectivity index (χ3v) is 5.99. The van der Waals surface area contributed by atoms with Gasteiger partial charge in [-0.3, -0.25) is 0 Å². The van der Waals surface area contributed by atoms with Crippen LogP contribution in [-0.4, -0.2) is 24.2 Å². The molecule has 0 unspecified atom stereocenters. The molecule has 0 bridgehead atoms. The Morgan fingerprint density at radius 1 is 0.767 bits per heavy atom. The van der Waals surface area contributed by atoms with Crippen LogP contribution in [-0.2, 0) is 12.8 Å². The fourth-order valence-electron chi connectivity index (χ4n) is 3.64. The van der Waals surface area contributed by atoms with Gasteiger partial charge in [0.25, 0.3) is 0 Å². The minimum absolute atomic E-state index is 0.297. The van der Waals surface area contributed by atoms with Gasteiger partial charge < -0.3 is 18.9 Å². The van der Waals surface area contributed by atoms with Crippen molar-refractivity contribution in [3.05, 3.63) is 70.8 Å². The number of alkyl halides is 2. The van der Waals surface area contributed by atoms with Crippen LogP contribution in [0.4, 0.5) is 0 Å². The Labute approximate surface area is 194 Å². The predicted molar refractivity (Wildman–Crippen MR) is 126 cm³/mol.